The van der Waals surface area contributed by atoms with Gasteiger partial charge in [0.15, 0.2) is 0 Å². The van der Waals surface area contributed by atoms with Gasteiger partial charge in [0.25, 0.3) is 0 Å². The second-order valence-electron chi connectivity index (χ2n) is 3.91. The average molecular weight is 265 g/mol. The molecule has 1 heterocycles. The minimum absolute atomic E-state index is 0.251. The van der Waals surface area contributed by atoms with Crippen LogP contribution in [0.5, 0.6) is 0 Å². The fourth-order valence-corrected chi connectivity index (χ4v) is 1.93. The van der Waals surface area contributed by atoms with Crippen molar-refractivity contribution < 1.29 is 4.84 Å². The van der Waals surface area contributed by atoms with Gasteiger partial charge >= 0.3 is 0 Å². The molecule has 2 aromatic rings. The van der Waals surface area contributed by atoms with Gasteiger partial charge in [0.05, 0.1) is 12.7 Å². The Labute approximate surface area is 110 Å². The van der Waals surface area contributed by atoms with Crippen LogP contribution < -0.4 is 11.6 Å². The van der Waals surface area contributed by atoms with E-state index in [-0.39, 0.29) is 6.61 Å². The van der Waals surface area contributed by atoms with Gasteiger partial charge in [0.2, 0.25) is 0 Å². The summed E-state index contributed by atoms with van der Waals surface area (Å²) in [7, 11) is 0. The van der Waals surface area contributed by atoms with Gasteiger partial charge in [-0.05, 0) is 17.2 Å². The van der Waals surface area contributed by atoms with Crippen LogP contribution in [0.1, 0.15) is 16.8 Å². The van der Waals surface area contributed by atoms with Crippen molar-refractivity contribution in [1.82, 2.24) is 15.0 Å². The second kappa shape index (κ2) is 5.85. The van der Waals surface area contributed by atoms with Gasteiger partial charge < -0.3 is 5.73 Å². The highest BCUT2D eigenvalue weighted by molar-refractivity contribution is 7.79. The molecule has 0 amide bonds. The molecule has 0 unspecified atom stereocenters. The number of nitrogens with two attached hydrogens (primary N) is 2. The molecule has 96 valence electrons. The minimum Gasteiger partial charge on any atom is -0.398 e. The lowest BCUT2D eigenvalue weighted by Gasteiger charge is -2.06. The molecule has 1 aromatic heterocycles. The Kier molecular flexibility index (Phi) is 4.19. The van der Waals surface area contributed by atoms with E-state index in [0.29, 0.717) is 18.0 Å². The molecule has 4 N–H and O–H groups in total. The molecular weight excluding hydrogens is 250 g/mol. The van der Waals surface area contributed by atoms with E-state index in [1.54, 1.807) is 10.9 Å². The molecule has 0 atom stereocenters. The molecule has 2 rings (SSSR count). The van der Waals surface area contributed by atoms with Gasteiger partial charge in [0.1, 0.15) is 12.3 Å². The lowest BCUT2D eigenvalue weighted by molar-refractivity contribution is 0.121. The highest BCUT2D eigenvalue weighted by Gasteiger charge is 2.03. The van der Waals surface area contributed by atoms with E-state index in [2.05, 4.69) is 27.8 Å². The summed E-state index contributed by atoms with van der Waals surface area (Å²) >= 11 is 4.21. The van der Waals surface area contributed by atoms with Crippen LogP contribution in [0.15, 0.2) is 24.4 Å². The zero-order valence-corrected chi connectivity index (χ0v) is 10.7. The molecular formula is C11H15N5OS. The van der Waals surface area contributed by atoms with E-state index in [0.717, 1.165) is 16.8 Å². The second-order valence-corrected chi connectivity index (χ2v) is 4.23. The first-order valence-corrected chi connectivity index (χ1v) is 6.05. The van der Waals surface area contributed by atoms with E-state index in [1.165, 1.54) is 0 Å². The van der Waals surface area contributed by atoms with Crippen molar-refractivity contribution in [1.29, 1.82) is 0 Å². The molecule has 0 saturated carbocycles. The van der Waals surface area contributed by atoms with Crippen LogP contribution in [-0.4, -0.2) is 15.0 Å². The van der Waals surface area contributed by atoms with E-state index in [9.17, 15) is 0 Å². The van der Waals surface area contributed by atoms with Crippen LogP contribution in [0, 0.1) is 0 Å². The molecule has 0 radical (unpaired) electrons. The van der Waals surface area contributed by atoms with Gasteiger partial charge in [-0.15, -0.1) is 5.10 Å². The first-order chi connectivity index (χ1) is 8.72. The zero-order valence-electron chi connectivity index (χ0n) is 9.78. The Morgan fingerprint density at radius 3 is 2.89 bits per heavy atom. The van der Waals surface area contributed by atoms with Gasteiger partial charge in [-0.25, -0.2) is 10.6 Å². The van der Waals surface area contributed by atoms with Crippen LogP contribution >= 0.6 is 12.6 Å². The number of anilines is 1. The van der Waals surface area contributed by atoms with Crippen LogP contribution in [0.4, 0.5) is 5.69 Å². The van der Waals surface area contributed by atoms with E-state index in [1.807, 2.05) is 18.2 Å². The summed E-state index contributed by atoms with van der Waals surface area (Å²) in [6.45, 7) is 0.857. The van der Waals surface area contributed by atoms with Gasteiger partial charge in [-0.2, -0.15) is 12.6 Å². The third kappa shape index (κ3) is 3.00. The predicted molar refractivity (Wildman–Crippen MR) is 71.6 cm³/mol. The molecule has 0 spiro atoms. The van der Waals surface area contributed by atoms with Crippen molar-refractivity contribution >= 4 is 18.3 Å². The number of rotatable bonds is 5. The lowest BCUT2D eigenvalue weighted by Crippen LogP contribution is -2.02. The maximum absolute atomic E-state index is 5.91. The third-order valence-corrected chi connectivity index (χ3v) is 2.88. The summed E-state index contributed by atoms with van der Waals surface area (Å²) in [6, 6.07) is 5.90. The van der Waals surface area contributed by atoms with Gasteiger partial charge in [-0.3, -0.25) is 4.84 Å². The van der Waals surface area contributed by atoms with Crippen molar-refractivity contribution in [3.05, 3.63) is 41.2 Å². The predicted octanol–water partition coefficient (Wildman–Crippen LogP) is 0.729. The Balaban J connectivity index is 2.10. The summed E-state index contributed by atoms with van der Waals surface area (Å²) in [6.07, 6.45) is 1.79. The summed E-state index contributed by atoms with van der Waals surface area (Å²) in [5, 5.41) is 7.90. The van der Waals surface area contributed by atoms with Gasteiger partial charge in [-0.1, -0.05) is 17.3 Å². The SMILES string of the molecule is NOCc1cn(Cc2ccc(CS)c(N)c2)nn1. The van der Waals surface area contributed by atoms with Crippen molar-refractivity contribution in [2.45, 2.75) is 18.9 Å². The summed E-state index contributed by atoms with van der Waals surface area (Å²) in [5.41, 5.74) is 9.43. The third-order valence-electron chi connectivity index (χ3n) is 2.54. The normalized spacial score (nSPS) is 10.8. The van der Waals surface area contributed by atoms with E-state index < -0.39 is 0 Å². The number of hydrogen-bond donors (Lipinski definition) is 3. The molecule has 0 aliphatic heterocycles. The van der Waals surface area contributed by atoms with Crippen LogP contribution in [0.2, 0.25) is 0 Å². The molecule has 18 heavy (non-hydrogen) atoms. The molecule has 7 heteroatoms. The number of nitrogens with zero attached hydrogens (tertiary/aromatic N) is 3. The smallest absolute Gasteiger partial charge is 0.113 e. The molecule has 0 bridgehead atoms. The number of hydrogen-bond acceptors (Lipinski definition) is 6. The van der Waals surface area contributed by atoms with Crippen molar-refractivity contribution in [2.75, 3.05) is 5.73 Å². The van der Waals surface area contributed by atoms with E-state index in [4.69, 9.17) is 11.6 Å². The maximum Gasteiger partial charge on any atom is 0.113 e. The number of benzene rings is 1. The van der Waals surface area contributed by atoms with Crippen LogP contribution in [0.3, 0.4) is 0 Å². The Bertz CT molecular complexity index is 528. The van der Waals surface area contributed by atoms with Crippen molar-refractivity contribution in [2.24, 2.45) is 5.90 Å². The minimum atomic E-state index is 0.251. The fourth-order valence-electron chi connectivity index (χ4n) is 1.64. The molecule has 0 fully saturated rings. The monoisotopic (exact) mass is 265 g/mol. The molecule has 0 aliphatic carbocycles. The lowest BCUT2D eigenvalue weighted by atomic mass is 10.1. The summed E-state index contributed by atoms with van der Waals surface area (Å²) < 4.78 is 1.71. The van der Waals surface area contributed by atoms with Gasteiger partial charge in [0, 0.05) is 11.4 Å². The molecule has 1 aromatic carbocycles. The average Bonchev–Trinajstić information content (AvgIpc) is 2.77. The quantitative estimate of drug-likeness (QED) is 0.421. The van der Waals surface area contributed by atoms with Crippen LogP contribution in [-0.2, 0) is 23.7 Å². The highest BCUT2D eigenvalue weighted by atomic mass is 32.1. The first-order valence-electron chi connectivity index (χ1n) is 5.41. The van der Waals surface area contributed by atoms with Crippen LogP contribution in [0.25, 0.3) is 0 Å². The van der Waals surface area contributed by atoms with Crippen molar-refractivity contribution in [3.63, 3.8) is 0 Å². The molecule has 6 nitrogen and oxygen atoms in total. The summed E-state index contributed by atoms with van der Waals surface area (Å²) in [5.74, 6) is 5.61. The Morgan fingerprint density at radius 1 is 1.39 bits per heavy atom. The zero-order chi connectivity index (χ0) is 13.0. The molecule has 0 saturated heterocycles. The fraction of sp³-hybridized carbons (Fsp3) is 0.273. The number of aromatic nitrogens is 3. The van der Waals surface area contributed by atoms with Crippen molar-refractivity contribution in [3.8, 4) is 0 Å². The molecule has 0 aliphatic rings. The van der Waals surface area contributed by atoms with E-state index >= 15 is 0 Å². The highest BCUT2D eigenvalue weighted by Crippen LogP contribution is 2.16. The topological polar surface area (TPSA) is 92.0 Å². The number of thiol groups is 1. The standard InChI is InChI=1S/C11H15N5OS/c12-11-3-8(1-2-9(11)7-18)4-16-5-10(6-17-13)14-15-16/h1-3,5,18H,4,6-7,12-13H2. The summed E-state index contributed by atoms with van der Waals surface area (Å²) in [4.78, 5) is 4.50. The number of nitrogen functional groups attached to an aromatic ring is 1. The largest absolute Gasteiger partial charge is 0.398 e. The Morgan fingerprint density at radius 2 is 2.22 bits per heavy atom. The Hall–Kier alpha value is -1.57. The first kappa shape index (κ1) is 12.9. The maximum atomic E-state index is 5.91.